The minimum atomic E-state index is 0.770. The average molecular weight is 278 g/mol. The summed E-state index contributed by atoms with van der Waals surface area (Å²) in [5, 5.41) is 0. The molecule has 0 unspecified atom stereocenters. The summed E-state index contributed by atoms with van der Waals surface area (Å²) in [7, 11) is 3.94. The van der Waals surface area contributed by atoms with Gasteiger partial charge in [-0.1, -0.05) is 0 Å². The van der Waals surface area contributed by atoms with E-state index in [0.717, 1.165) is 57.5 Å². The van der Waals surface area contributed by atoms with Crippen LogP contribution < -0.4 is 15.5 Å². The minimum absolute atomic E-state index is 0.770. The fourth-order valence-electron chi connectivity index (χ4n) is 2.47. The van der Waals surface area contributed by atoms with Gasteiger partial charge in [-0.3, -0.25) is 0 Å². The maximum absolute atomic E-state index is 5.59. The fraction of sp³-hybridized carbons (Fsp3) is 0.714. The molecule has 2 N–H and O–H groups in total. The van der Waals surface area contributed by atoms with Gasteiger partial charge in [-0.05, 0) is 38.5 Å². The average Bonchev–Trinajstić information content (AvgIpc) is 2.70. The molecule has 0 saturated carbocycles. The normalized spacial score (nSPS) is 17.1. The highest BCUT2D eigenvalue weighted by Gasteiger charge is 2.16. The third kappa shape index (κ3) is 4.05. The van der Waals surface area contributed by atoms with Crippen molar-refractivity contribution >= 4 is 11.8 Å². The topological polar surface area (TPSA) is 61.5 Å². The van der Waals surface area contributed by atoms with Gasteiger partial charge in [0.25, 0.3) is 0 Å². The summed E-state index contributed by atoms with van der Waals surface area (Å²) >= 11 is 0. The van der Waals surface area contributed by atoms with Crippen molar-refractivity contribution in [2.45, 2.75) is 12.8 Å². The summed E-state index contributed by atoms with van der Waals surface area (Å²) in [6, 6.07) is 2.00. The maximum atomic E-state index is 5.59. The Balaban J connectivity index is 1.97. The van der Waals surface area contributed by atoms with Crippen LogP contribution in [0.15, 0.2) is 12.3 Å². The van der Waals surface area contributed by atoms with Gasteiger partial charge in [-0.2, -0.15) is 4.98 Å². The molecular weight excluding hydrogens is 252 g/mol. The van der Waals surface area contributed by atoms with Crippen LogP contribution in [0, 0.1) is 0 Å². The van der Waals surface area contributed by atoms with Gasteiger partial charge < -0.3 is 20.4 Å². The van der Waals surface area contributed by atoms with E-state index in [4.69, 9.17) is 5.73 Å². The van der Waals surface area contributed by atoms with Gasteiger partial charge in [0.05, 0.1) is 0 Å². The minimum Gasteiger partial charge on any atom is -0.355 e. The van der Waals surface area contributed by atoms with Gasteiger partial charge in [0.1, 0.15) is 5.82 Å². The summed E-state index contributed by atoms with van der Waals surface area (Å²) in [4.78, 5) is 15.7. The molecule has 6 heteroatoms. The lowest BCUT2D eigenvalue weighted by atomic mass is 10.3. The first kappa shape index (κ1) is 15.0. The Morgan fingerprint density at radius 2 is 2.10 bits per heavy atom. The van der Waals surface area contributed by atoms with Crippen LogP contribution in [0.2, 0.25) is 0 Å². The first-order chi connectivity index (χ1) is 9.70. The molecule has 2 rings (SSSR count). The Kier molecular flexibility index (Phi) is 5.55. The van der Waals surface area contributed by atoms with E-state index in [1.807, 2.05) is 31.3 Å². The van der Waals surface area contributed by atoms with Crippen molar-refractivity contribution in [2.24, 2.45) is 5.73 Å². The molecule has 1 saturated heterocycles. The number of nitrogens with zero attached hydrogens (tertiary/aromatic N) is 5. The zero-order chi connectivity index (χ0) is 14.4. The molecule has 0 bridgehead atoms. The Hall–Kier alpha value is -1.40. The molecule has 0 radical (unpaired) electrons. The zero-order valence-corrected chi connectivity index (χ0v) is 12.6. The third-order valence-corrected chi connectivity index (χ3v) is 3.62. The summed E-state index contributed by atoms with van der Waals surface area (Å²) in [6.07, 6.45) is 4.10. The van der Waals surface area contributed by atoms with Crippen LogP contribution in [0.25, 0.3) is 0 Å². The lowest BCUT2D eigenvalue weighted by Gasteiger charge is -2.23. The van der Waals surface area contributed by atoms with E-state index in [1.165, 1.54) is 6.42 Å². The SMILES string of the molecule is CN(C)c1nccc(N2CCCN(CCCN)CC2)n1. The largest absolute Gasteiger partial charge is 0.355 e. The van der Waals surface area contributed by atoms with Gasteiger partial charge in [0.2, 0.25) is 5.95 Å². The molecule has 0 aromatic carbocycles. The fourth-order valence-corrected chi connectivity index (χ4v) is 2.47. The second kappa shape index (κ2) is 7.40. The molecule has 0 amide bonds. The Labute approximate surface area is 121 Å². The van der Waals surface area contributed by atoms with Crippen molar-refractivity contribution in [3.63, 3.8) is 0 Å². The van der Waals surface area contributed by atoms with E-state index in [0.29, 0.717) is 0 Å². The van der Waals surface area contributed by atoms with Crippen molar-refractivity contribution in [3.05, 3.63) is 12.3 Å². The molecule has 0 spiro atoms. The highest BCUT2D eigenvalue weighted by atomic mass is 15.3. The van der Waals surface area contributed by atoms with Gasteiger partial charge in [-0.25, -0.2) is 4.98 Å². The van der Waals surface area contributed by atoms with E-state index in [9.17, 15) is 0 Å². The number of hydrogen-bond donors (Lipinski definition) is 1. The molecule has 1 aromatic heterocycles. The summed E-state index contributed by atoms with van der Waals surface area (Å²) < 4.78 is 0. The standard InChI is InChI=1S/C14H26N6/c1-18(2)14-16-7-5-13(17-14)20-10-4-9-19(11-12-20)8-3-6-15/h5,7H,3-4,6,8-12,15H2,1-2H3. The van der Waals surface area contributed by atoms with Crippen LogP contribution in [-0.2, 0) is 0 Å². The van der Waals surface area contributed by atoms with Crippen LogP contribution >= 0.6 is 0 Å². The number of nitrogens with two attached hydrogens (primary N) is 1. The van der Waals surface area contributed by atoms with Gasteiger partial charge in [0.15, 0.2) is 0 Å². The van der Waals surface area contributed by atoms with Crippen LogP contribution in [0.1, 0.15) is 12.8 Å². The van der Waals surface area contributed by atoms with E-state index in [1.54, 1.807) is 0 Å². The summed E-state index contributed by atoms with van der Waals surface area (Å²) in [5.41, 5.74) is 5.59. The van der Waals surface area contributed by atoms with Crippen LogP contribution in [0.5, 0.6) is 0 Å². The van der Waals surface area contributed by atoms with Crippen molar-refractivity contribution in [2.75, 3.05) is 63.2 Å². The third-order valence-electron chi connectivity index (χ3n) is 3.62. The van der Waals surface area contributed by atoms with Gasteiger partial charge in [0, 0.05) is 39.9 Å². The lowest BCUT2D eigenvalue weighted by molar-refractivity contribution is 0.291. The van der Waals surface area contributed by atoms with Crippen LogP contribution in [0.3, 0.4) is 0 Å². The highest BCUT2D eigenvalue weighted by Crippen LogP contribution is 2.15. The van der Waals surface area contributed by atoms with E-state index >= 15 is 0 Å². The Bertz CT molecular complexity index is 408. The van der Waals surface area contributed by atoms with Gasteiger partial charge in [-0.15, -0.1) is 0 Å². The molecule has 1 aliphatic rings. The molecule has 0 atom stereocenters. The first-order valence-electron chi connectivity index (χ1n) is 7.38. The number of anilines is 2. The number of aromatic nitrogens is 2. The molecule has 6 nitrogen and oxygen atoms in total. The molecular formula is C14H26N6. The van der Waals surface area contributed by atoms with E-state index in [-0.39, 0.29) is 0 Å². The first-order valence-corrected chi connectivity index (χ1v) is 7.38. The number of hydrogen-bond acceptors (Lipinski definition) is 6. The summed E-state index contributed by atoms with van der Waals surface area (Å²) in [6.45, 7) is 6.20. The van der Waals surface area contributed by atoms with E-state index in [2.05, 4.69) is 19.8 Å². The molecule has 1 aromatic rings. The van der Waals surface area contributed by atoms with E-state index < -0.39 is 0 Å². The predicted octanol–water partition coefficient (Wildman–Crippen LogP) is 0.404. The molecule has 1 fully saturated rings. The molecule has 20 heavy (non-hydrogen) atoms. The molecule has 2 heterocycles. The monoisotopic (exact) mass is 278 g/mol. The van der Waals surface area contributed by atoms with Crippen molar-refractivity contribution in [1.82, 2.24) is 14.9 Å². The second-order valence-electron chi connectivity index (χ2n) is 5.43. The van der Waals surface area contributed by atoms with Crippen molar-refractivity contribution in [1.29, 1.82) is 0 Å². The highest BCUT2D eigenvalue weighted by molar-refractivity contribution is 5.43. The second-order valence-corrected chi connectivity index (χ2v) is 5.43. The Morgan fingerprint density at radius 3 is 2.85 bits per heavy atom. The van der Waals surface area contributed by atoms with Crippen molar-refractivity contribution < 1.29 is 0 Å². The van der Waals surface area contributed by atoms with Gasteiger partial charge >= 0.3 is 0 Å². The molecule has 112 valence electrons. The zero-order valence-electron chi connectivity index (χ0n) is 12.6. The van der Waals surface area contributed by atoms with Crippen molar-refractivity contribution in [3.8, 4) is 0 Å². The molecule has 0 aliphatic carbocycles. The smallest absolute Gasteiger partial charge is 0.226 e. The quantitative estimate of drug-likeness (QED) is 0.841. The van der Waals surface area contributed by atoms with Crippen LogP contribution in [0.4, 0.5) is 11.8 Å². The maximum Gasteiger partial charge on any atom is 0.226 e. The number of rotatable bonds is 5. The summed E-state index contributed by atoms with van der Waals surface area (Å²) in [5.74, 6) is 1.80. The van der Waals surface area contributed by atoms with Crippen LogP contribution in [-0.4, -0.2) is 68.2 Å². The molecule has 1 aliphatic heterocycles. The predicted molar refractivity (Wildman–Crippen MR) is 83.3 cm³/mol. The Morgan fingerprint density at radius 1 is 1.25 bits per heavy atom. The lowest BCUT2D eigenvalue weighted by Crippen LogP contribution is -2.32.